The molecule has 1 aromatic carbocycles. The van der Waals surface area contributed by atoms with Crippen LogP contribution in [0.1, 0.15) is 37.7 Å². The van der Waals surface area contributed by atoms with E-state index in [1.165, 1.54) is 5.56 Å². The van der Waals surface area contributed by atoms with Crippen LogP contribution >= 0.6 is 0 Å². The molecule has 2 unspecified atom stereocenters. The topological polar surface area (TPSA) is 40.5 Å². The molecule has 98 valence electrons. The summed E-state index contributed by atoms with van der Waals surface area (Å²) in [5.41, 5.74) is 1.39. The van der Waals surface area contributed by atoms with Gasteiger partial charge in [-0.1, -0.05) is 30.3 Å². The zero-order valence-corrected chi connectivity index (χ0v) is 10.9. The van der Waals surface area contributed by atoms with Crippen LogP contribution in [0.5, 0.6) is 0 Å². The Kier molecular flexibility index (Phi) is 4.37. The minimum atomic E-state index is -0.715. The largest absolute Gasteiger partial charge is 0.480 e. The van der Waals surface area contributed by atoms with Crippen LogP contribution in [0.15, 0.2) is 30.3 Å². The summed E-state index contributed by atoms with van der Waals surface area (Å²) in [6.07, 6.45) is 3.30. The van der Waals surface area contributed by atoms with Crippen molar-refractivity contribution >= 4 is 5.97 Å². The third-order valence-corrected chi connectivity index (χ3v) is 3.94. The van der Waals surface area contributed by atoms with Gasteiger partial charge in [0.15, 0.2) is 0 Å². The molecular formula is C15H21NO2. The minimum absolute atomic E-state index is 0.362. The molecule has 3 nitrogen and oxygen atoms in total. The number of likely N-dealkylation sites (tertiary alicyclic amines) is 1. The number of hydrogen-bond donors (Lipinski definition) is 1. The van der Waals surface area contributed by atoms with Crippen LogP contribution in [-0.2, 0) is 4.79 Å². The van der Waals surface area contributed by atoms with E-state index >= 15 is 0 Å². The third-order valence-electron chi connectivity index (χ3n) is 3.94. The van der Waals surface area contributed by atoms with Gasteiger partial charge in [0.1, 0.15) is 6.04 Å². The third kappa shape index (κ3) is 3.10. The van der Waals surface area contributed by atoms with Crippen molar-refractivity contribution in [3.63, 3.8) is 0 Å². The van der Waals surface area contributed by atoms with Gasteiger partial charge in [0.25, 0.3) is 0 Å². The molecule has 1 aliphatic heterocycles. The summed E-state index contributed by atoms with van der Waals surface area (Å²) in [7, 11) is 0. The van der Waals surface area contributed by atoms with E-state index in [9.17, 15) is 4.79 Å². The fraction of sp³-hybridized carbons (Fsp3) is 0.533. The molecular weight excluding hydrogens is 226 g/mol. The van der Waals surface area contributed by atoms with Gasteiger partial charge in [0.05, 0.1) is 0 Å². The monoisotopic (exact) mass is 247 g/mol. The number of aliphatic carboxylic acids is 1. The molecule has 0 bridgehead atoms. The first kappa shape index (κ1) is 13.1. The maximum absolute atomic E-state index is 11.0. The van der Waals surface area contributed by atoms with E-state index in [1.807, 2.05) is 6.07 Å². The number of rotatable bonds is 3. The van der Waals surface area contributed by atoms with Gasteiger partial charge >= 0.3 is 5.97 Å². The van der Waals surface area contributed by atoms with E-state index in [0.29, 0.717) is 5.92 Å². The summed E-state index contributed by atoms with van der Waals surface area (Å²) >= 11 is 0. The van der Waals surface area contributed by atoms with Crippen LogP contribution in [0.25, 0.3) is 0 Å². The van der Waals surface area contributed by atoms with E-state index < -0.39 is 5.97 Å². The highest BCUT2D eigenvalue weighted by Gasteiger charge is 2.24. The van der Waals surface area contributed by atoms with Gasteiger partial charge in [-0.2, -0.15) is 0 Å². The van der Waals surface area contributed by atoms with Crippen molar-refractivity contribution in [3.05, 3.63) is 35.9 Å². The van der Waals surface area contributed by atoms with Crippen LogP contribution in [0, 0.1) is 0 Å². The molecule has 1 aromatic rings. The highest BCUT2D eigenvalue weighted by molar-refractivity contribution is 5.72. The number of carbonyl (C=O) groups is 1. The van der Waals surface area contributed by atoms with Gasteiger partial charge in [-0.3, -0.25) is 9.69 Å². The van der Waals surface area contributed by atoms with Crippen LogP contribution in [-0.4, -0.2) is 35.1 Å². The van der Waals surface area contributed by atoms with Gasteiger partial charge in [-0.15, -0.1) is 0 Å². The minimum Gasteiger partial charge on any atom is -0.480 e. The SMILES string of the molecule is CC(C(=O)O)N1CCCC(c2ccccc2)CC1. The van der Waals surface area contributed by atoms with Crippen LogP contribution in [0.2, 0.25) is 0 Å². The van der Waals surface area contributed by atoms with Gasteiger partial charge in [0.2, 0.25) is 0 Å². The maximum atomic E-state index is 11.0. The Balaban J connectivity index is 1.99. The first-order valence-corrected chi connectivity index (χ1v) is 6.70. The molecule has 18 heavy (non-hydrogen) atoms. The Bertz CT molecular complexity index is 391. The molecule has 1 saturated heterocycles. The lowest BCUT2D eigenvalue weighted by Gasteiger charge is -2.24. The van der Waals surface area contributed by atoms with Crippen molar-refractivity contribution in [2.75, 3.05) is 13.1 Å². The van der Waals surface area contributed by atoms with Gasteiger partial charge < -0.3 is 5.11 Å². The average Bonchev–Trinajstić information content (AvgIpc) is 2.64. The summed E-state index contributed by atoms with van der Waals surface area (Å²) in [6, 6.07) is 10.2. The lowest BCUT2D eigenvalue weighted by atomic mass is 9.92. The van der Waals surface area contributed by atoms with Crippen molar-refractivity contribution < 1.29 is 9.90 Å². The zero-order chi connectivity index (χ0) is 13.0. The van der Waals surface area contributed by atoms with Crippen molar-refractivity contribution in [1.82, 2.24) is 4.90 Å². The Labute approximate surface area is 108 Å². The standard InChI is InChI=1S/C15H21NO2/c1-12(15(17)18)16-10-5-8-14(9-11-16)13-6-3-2-4-7-13/h2-4,6-7,12,14H,5,8-11H2,1H3,(H,17,18). The Morgan fingerprint density at radius 3 is 2.67 bits per heavy atom. The van der Waals surface area contributed by atoms with Crippen LogP contribution < -0.4 is 0 Å². The van der Waals surface area contributed by atoms with Crippen LogP contribution in [0.3, 0.4) is 0 Å². The quantitative estimate of drug-likeness (QED) is 0.892. The summed E-state index contributed by atoms with van der Waals surface area (Å²) in [5.74, 6) is -0.134. The second kappa shape index (κ2) is 6.01. The fourth-order valence-corrected chi connectivity index (χ4v) is 2.72. The fourth-order valence-electron chi connectivity index (χ4n) is 2.72. The van der Waals surface area contributed by atoms with E-state index in [1.54, 1.807) is 6.92 Å². The lowest BCUT2D eigenvalue weighted by Crippen LogP contribution is -2.39. The summed E-state index contributed by atoms with van der Waals surface area (Å²) in [4.78, 5) is 13.1. The summed E-state index contributed by atoms with van der Waals surface area (Å²) < 4.78 is 0. The lowest BCUT2D eigenvalue weighted by molar-refractivity contribution is -0.142. The van der Waals surface area contributed by atoms with Crippen molar-refractivity contribution in [2.45, 2.75) is 38.1 Å². The van der Waals surface area contributed by atoms with Gasteiger partial charge in [-0.25, -0.2) is 0 Å². The van der Waals surface area contributed by atoms with E-state index in [0.717, 1.165) is 32.4 Å². The summed E-state index contributed by atoms with van der Waals surface area (Å²) in [5, 5.41) is 9.07. The van der Waals surface area contributed by atoms with Crippen LogP contribution in [0.4, 0.5) is 0 Å². The molecule has 1 fully saturated rings. The number of hydrogen-bond acceptors (Lipinski definition) is 2. The van der Waals surface area contributed by atoms with E-state index in [4.69, 9.17) is 5.11 Å². The molecule has 0 aliphatic carbocycles. The molecule has 2 atom stereocenters. The molecule has 2 rings (SSSR count). The molecule has 0 radical (unpaired) electrons. The van der Waals surface area contributed by atoms with Crippen molar-refractivity contribution in [2.24, 2.45) is 0 Å². The van der Waals surface area contributed by atoms with E-state index in [2.05, 4.69) is 29.2 Å². The molecule has 0 amide bonds. The van der Waals surface area contributed by atoms with Gasteiger partial charge in [0, 0.05) is 0 Å². The van der Waals surface area contributed by atoms with Crippen molar-refractivity contribution in [3.8, 4) is 0 Å². The molecule has 1 heterocycles. The maximum Gasteiger partial charge on any atom is 0.320 e. The average molecular weight is 247 g/mol. The van der Waals surface area contributed by atoms with Crippen molar-refractivity contribution in [1.29, 1.82) is 0 Å². The Morgan fingerprint density at radius 1 is 1.28 bits per heavy atom. The predicted molar refractivity (Wildman–Crippen MR) is 71.7 cm³/mol. The number of carboxylic acid groups (broad SMARTS) is 1. The Hall–Kier alpha value is -1.35. The first-order valence-electron chi connectivity index (χ1n) is 6.70. The highest BCUT2D eigenvalue weighted by atomic mass is 16.4. The molecule has 1 N–H and O–H groups in total. The zero-order valence-electron chi connectivity index (χ0n) is 10.9. The first-order chi connectivity index (χ1) is 8.68. The second-order valence-electron chi connectivity index (χ2n) is 5.09. The molecule has 1 aliphatic rings. The predicted octanol–water partition coefficient (Wildman–Crippen LogP) is 2.73. The second-order valence-corrected chi connectivity index (χ2v) is 5.09. The smallest absolute Gasteiger partial charge is 0.320 e. The number of carboxylic acids is 1. The molecule has 0 aromatic heterocycles. The number of benzene rings is 1. The normalized spacial score (nSPS) is 23.3. The summed E-state index contributed by atoms with van der Waals surface area (Å²) in [6.45, 7) is 3.56. The molecule has 0 saturated carbocycles. The van der Waals surface area contributed by atoms with Gasteiger partial charge in [-0.05, 0) is 50.8 Å². The molecule has 0 spiro atoms. The highest BCUT2D eigenvalue weighted by Crippen LogP contribution is 2.28. The Morgan fingerprint density at radius 2 is 2.00 bits per heavy atom. The number of nitrogens with zero attached hydrogens (tertiary/aromatic N) is 1. The molecule has 3 heteroatoms. The van der Waals surface area contributed by atoms with E-state index in [-0.39, 0.29) is 6.04 Å².